The van der Waals surface area contributed by atoms with E-state index < -0.39 is 11.7 Å². The van der Waals surface area contributed by atoms with Crippen LogP contribution in [0.15, 0.2) is 24.3 Å². The van der Waals surface area contributed by atoms with Gasteiger partial charge < -0.3 is 0 Å². The van der Waals surface area contributed by atoms with Crippen molar-refractivity contribution >= 4 is 11.8 Å². The molecule has 0 saturated heterocycles. The Balaban J connectivity index is 2.53. The Morgan fingerprint density at radius 3 is 2.19 bits per heavy atom. The molecule has 1 aromatic rings. The van der Waals surface area contributed by atoms with Crippen LogP contribution in [0.4, 0.5) is 4.39 Å². The van der Waals surface area contributed by atoms with Crippen molar-refractivity contribution in [3.05, 3.63) is 35.6 Å². The predicted octanol–water partition coefficient (Wildman–Crippen LogP) is 1.24. The first kappa shape index (κ1) is 12.2. The molecule has 16 heavy (non-hydrogen) atoms. The van der Waals surface area contributed by atoms with E-state index in [9.17, 15) is 14.0 Å². The summed E-state index contributed by atoms with van der Waals surface area (Å²) in [5, 5.41) is 0. The summed E-state index contributed by atoms with van der Waals surface area (Å²) >= 11 is 0. The zero-order chi connectivity index (χ0) is 12.1. The molecule has 1 rings (SSSR count). The molecule has 0 aromatic heterocycles. The second-order valence-electron chi connectivity index (χ2n) is 3.60. The van der Waals surface area contributed by atoms with Gasteiger partial charge in [-0.2, -0.15) is 0 Å². The summed E-state index contributed by atoms with van der Waals surface area (Å²) < 4.78 is 12.6. The minimum atomic E-state index is -0.478. The van der Waals surface area contributed by atoms with Crippen LogP contribution in [0.3, 0.4) is 0 Å². The molecule has 2 amide bonds. The number of hydrogen-bond acceptors (Lipinski definition) is 2. The predicted molar refractivity (Wildman–Crippen MR) is 56.8 cm³/mol. The summed E-state index contributed by atoms with van der Waals surface area (Å²) in [6.07, 6.45) is 0. The smallest absolute Gasteiger partial charge is 0.269 e. The quantitative estimate of drug-likeness (QED) is 0.742. The van der Waals surface area contributed by atoms with Gasteiger partial charge in [0.1, 0.15) is 5.82 Å². The highest BCUT2D eigenvalue weighted by atomic mass is 19.1. The monoisotopic (exact) mass is 224 g/mol. The maximum Gasteiger partial charge on any atom is 0.269 e. The second kappa shape index (κ2) is 5.25. The van der Waals surface area contributed by atoms with E-state index in [4.69, 9.17) is 0 Å². The fourth-order valence-electron chi connectivity index (χ4n) is 0.936. The van der Waals surface area contributed by atoms with E-state index >= 15 is 0 Å². The lowest BCUT2D eigenvalue weighted by molar-refractivity contribution is -0.124. The lowest BCUT2D eigenvalue weighted by Gasteiger charge is -2.08. The Labute approximate surface area is 92.8 Å². The Hall–Kier alpha value is -1.91. The molecule has 0 aliphatic carbocycles. The van der Waals surface area contributed by atoms with Crippen molar-refractivity contribution in [1.29, 1.82) is 0 Å². The minimum Gasteiger partial charge on any atom is -0.273 e. The first-order valence-electron chi connectivity index (χ1n) is 4.86. The molecule has 1 aromatic carbocycles. The largest absolute Gasteiger partial charge is 0.273 e. The topological polar surface area (TPSA) is 58.2 Å². The standard InChI is InChI=1S/C11H13FN2O2/c1-7(2)10(15)13-14-11(16)8-3-5-9(12)6-4-8/h3-7H,1-2H3,(H,13,15)(H,14,16). The summed E-state index contributed by atoms with van der Waals surface area (Å²) in [5.74, 6) is -1.39. The highest BCUT2D eigenvalue weighted by molar-refractivity contribution is 5.95. The Morgan fingerprint density at radius 1 is 1.12 bits per heavy atom. The van der Waals surface area contributed by atoms with Gasteiger partial charge in [-0.05, 0) is 24.3 Å². The molecule has 0 aliphatic rings. The normalized spacial score (nSPS) is 10.0. The van der Waals surface area contributed by atoms with E-state index in [1.54, 1.807) is 13.8 Å². The van der Waals surface area contributed by atoms with Crippen molar-refractivity contribution in [2.75, 3.05) is 0 Å². The number of rotatable bonds is 2. The number of halogens is 1. The van der Waals surface area contributed by atoms with E-state index in [2.05, 4.69) is 10.9 Å². The molecule has 4 nitrogen and oxygen atoms in total. The number of hydrogen-bond donors (Lipinski definition) is 2. The van der Waals surface area contributed by atoms with Crippen LogP contribution in [0.1, 0.15) is 24.2 Å². The molecule has 0 radical (unpaired) electrons. The van der Waals surface area contributed by atoms with Gasteiger partial charge >= 0.3 is 0 Å². The summed E-state index contributed by atoms with van der Waals surface area (Å²) in [5.41, 5.74) is 4.78. The van der Waals surface area contributed by atoms with Crippen molar-refractivity contribution in [3.63, 3.8) is 0 Å². The molecule has 0 aliphatic heterocycles. The van der Waals surface area contributed by atoms with Gasteiger partial charge in [0.15, 0.2) is 0 Å². The third kappa shape index (κ3) is 3.34. The van der Waals surface area contributed by atoms with Crippen molar-refractivity contribution in [2.24, 2.45) is 5.92 Å². The molecule has 2 N–H and O–H groups in total. The van der Waals surface area contributed by atoms with Crippen molar-refractivity contribution in [1.82, 2.24) is 10.9 Å². The van der Waals surface area contributed by atoms with Gasteiger partial charge in [0, 0.05) is 11.5 Å². The van der Waals surface area contributed by atoms with Gasteiger partial charge in [0.25, 0.3) is 5.91 Å². The number of carbonyl (C=O) groups excluding carboxylic acids is 2. The van der Waals surface area contributed by atoms with E-state index in [0.29, 0.717) is 0 Å². The maximum atomic E-state index is 12.6. The van der Waals surface area contributed by atoms with Crippen LogP contribution in [-0.4, -0.2) is 11.8 Å². The average molecular weight is 224 g/mol. The molecular formula is C11H13FN2O2. The number of benzene rings is 1. The van der Waals surface area contributed by atoms with Crippen LogP contribution >= 0.6 is 0 Å². The molecule has 0 atom stereocenters. The van der Waals surface area contributed by atoms with Crippen LogP contribution < -0.4 is 10.9 Å². The summed E-state index contributed by atoms with van der Waals surface area (Å²) in [4.78, 5) is 22.6. The van der Waals surface area contributed by atoms with Crippen molar-refractivity contribution in [3.8, 4) is 0 Å². The van der Waals surface area contributed by atoms with E-state index in [1.807, 2.05) is 0 Å². The van der Waals surface area contributed by atoms with Crippen LogP contribution in [0.2, 0.25) is 0 Å². The first-order valence-corrected chi connectivity index (χ1v) is 4.86. The SMILES string of the molecule is CC(C)C(=O)NNC(=O)c1ccc(F)cc1. The third-order valence-corrected chi connectivity index (χ3v) is 1.93. The van der Waals surface area contributed by atoms with Crippen LogP contribution in [0.25, 0.3) is 0 Å². The van der Waals surface area contributed by atoms with Gasteiger partial charge in [-0.25, -0.2) is 4.39 Å². The maximum absolute atomic E-state index is 12.6. The number of amides is 2. The molecule has 0 heterocycles. The molecule has 86 valence electrons. The number of carbonyl (C=O) groups is 2. The van der Waals surface area contributed by atoms with Gasteiger partial charge in [-0.15, -0.1) is 0 Å². The highest BCUT2D eigenvalue weighted by Gasteiger charge is 2.09. The Kier molecular flexibility index (Phi) is 3.99. The number of nitrogens with one attached hydrogen (secondary N) is 2. The molecular weight excluding hydrogens is 211 g/mol. The van der Waals surface area contributed by atoms with Crippen molar-refractivity contribution < 1.29 is 14.0 Å². The van der Waals surface area contributed by atoms with Gasteiger partial charge in [0.2, 0.25) is 5.91 Å². The lowest BCUT2D eigenvalue weighted by atomic mass is 10.2. The minimum absolute atomic E-state index is 0.214. The van der Waals surface area contributed by atoms with Gasteiger partial charge in [0.05, 0.1) is 0 Å². The average Bonchev–Trinajstić information content (AvgIpc) is 2.26. The first-order chi connectivity index (χ1) is 7.50. The van der Waals surface area contributed by atoms with Gasteiger partial charge in [-0.3, -0.25) is 20.4 Å². The van der Waals surface area contributed by atoms with Gasteiger partial charge in [-0.1, -0.05) is 13.8 Å². The third-order valence-electron chi connectivity index (χ3n) is 1.93. The van der Waals surface area contributed by atoms with Crippen LogP contribution in [-0.2, 0) is 4.79 Å². The number of hydrazine groups is 1. The summed E-state index contributed by atoms with van der Waals surface area (Å²) in [7, 11) is 0. The molecule has 0 unspecified atom stereocenters. The summed E-state index contributed by atoms with van der Waals surface area (Å²) in [6, 6.07) is 5.04. The Bertz CT molecular complexity index is 387. The molecule has 0 bridgehead atoms. The van der Waals surface area contributed by atoms with E-state index in [0.717, 1.165) is 0 Å². The molecule has 5 heteroatoms. The highest BCUT2D eigenvalue weighted by Crippen LogP contribution is 2.01. The fraction of sp³-hybridized carbons (Fsp3) is 0.273. The fourth-order valence-corrected chi connectivity index (χ4v) is 0.936. The van der Waals surface area contributed by atoms with Crippen molar-refractivity contribution in [2.45, 2.75) is 13.8 Å². The lowest BCUT2D eigenvalue weighted by Crippen LogP contribution is -2.43. The van der Waals surface area contributed by atoms with Crippen LogP contribution in [0, 0.1) is 11.7 Å². The Morgan fingerprint density at radius 2 is 1.69 bits per heavy atom. The second-order valence-corrected chi connectivity index (χ2v) is 3.60. The molecule has 0 spiro atoms. The van der Waals surface area contributed by atoms with E-state index in [1.165, 1.54) is 24.3 Å². The zero-order valence-corrected chi connectivity index (χ0v) is 9.08. The van der Waals surface area contributed by atoms with E-state index in [-0.39, 0.29) is 17.4 Å². The molecule has 0 saturated carbocycles. The zero-order valence-electron chi connectivity index (χ0n) is 9.08. The summed E-state index contributed by atoms with van der Waals surface area (Å²) in [6.45, 7) is 3.42. The molecule has 0 fully saturated rings. The van der Waals surface area contributed by atoms with Crippen LogP contribution in [0.5, 0.6) is 0 Å².